The minimum atomic E-state index is -0.678. The zero-order chi connectivity index (χ0) is 22.3. The highest BCUT2D eigenvalue weighted by Gasteiger charge is 2.16. The number of amides is 1. The Morgan fingerprint density at radius 3 is 2.16 bits per heavy atom. The molecule has 32 heavy (non-hydrogen) atoms. The lowest BCUT2D eigenvalue weighted by atomic mass is 10.1. The number of para-hydroxylation sites is 2. The van der Waals surface area contributed by atoms with Crippen LogP contribution in [0.1, 0.15) is 31.2 Å². The van der Waals surface area contributed by atoms with Gasteiger partial charge in [0.2, 0.25) is 5.91 Å². The van der Waals surface area contributed by atoms with Crippen molar-refractivity contribution in [1.29, 1.82) is 0 Å². The van der Waals surface area contributed by atoms with Gasteiger partial charge in [0.25, 0.3) is 0 Å². The van der Waals surface area contributed by atoms with Gasteiger partial charge in [-0.2, -0.15) is 0 Å². The Labute approximate surface area is 187 Å². The Morgan fingerprint density at radius 1 is 0.812 bits per heavy atom. The number of hydrogen-bond acceptors (Lipinski definition) is 4. The van der Waals surface area contributed by atoms with Gasteiger partial charge >= 0.3 is 11.1 Å². The third-order valence-corrected chi connectivity index (χ3v) is 6.04. The zero-order valence-corrected chi connectivity index (χ0v) is 18.3. The van der Waals surface area contributed by atoms with Crippen LogP contribution in [0.3, 0.4) is 0 Å². The second kappa shape index (κ2) is 10.4. The van der Waals surface area contributed by atoms with Crippen LogP contribution in [0, 0.1) is 0 Å². The van der Waals surface area contributed by atoms with Crippen molar-refractivity contribution >= 4 is 16.9 Å². The Hall–Kier alpha value is -3.19. The van der Waals surface area contributed by atoms with Gasteiger partial charge in [-0.15, -0.1) is 0 Å². The van der Waals surface area contributed by atoms with E-state index in [1.807, 2.05) is 48.5 Å². The molecule has 1 amide bonds. The van der Waals surface area contributed by atoms with E-state index in [0.29, 0.717) is 24.1 Å². The van der Waals surface area contributed by atoms with Crippen molar-refractivity contribution in [3.8, 4) is 0 Å². The summed E-state index contributed by atoms with van der Waals surface area (Å²) in [6, 6.07) is 16.8. The molecule has 7 heteroatoms. The Kier molecular flexibility index (Phi) is 7.17. The van der Waals surface area contributed by atoms with E-state index >= 15 is 0 Å². The van der Waals surface area contributed by atoms with Crippen LogP contribution in [0.25, 0.3) is 11.0 Å². The second-order valence-corrected chi connectivity index (χ2v) is 8.36. The van der Waals surface area contributed by atoms with E-state index in [9.17, 15) is 14.4 Å². The summed E-state index contributed by atoms with van der Waals surface area (Å²) in [5, 5.41) is 2.90. The summed E-state index contributed by atoms with van der Waals surface area (Å²) in [5.74, 6) is -0.254. The molecule has 168 valence electrons. The lowest BCUT2D eigenvalue weighted by Crippen LogP contribution is -2.44. The molecule has 0 bridgehead atoms. The molecule has 0 atom stereocenters. The summed E-state index contributed by atoms with van der Waals surface area (Å²) in [6.07, 6.45) is 4.68. The topological polar surface area (TPSA) is 76.3 Å². The van der Waals surface area contributed by atoms with Gasteiger partial charge in [-0.3, -0.25) is 23.5 Å². The summed E-state index contributed by atoms with van der Waals surface area (Å²) in [5.41, 5.74) is 0.854. The van der Waals surface area contributed by atoms with Crippen molar-refractivity contribution in [2.24, 2.45) is 0 Å². The molecule has 4 rings (SSSR count). The molecule has 1 aliphatic rings. The number of carbonyl (C=O) groups excluding carboxylic acids is 1. The Balaban J connectivity index is 1.48. The van der Waals surface area contributed by atoms with E-state index in [1.54, 1.807) is 6.07 Å². The third-order valence-electron chi connectivity index (χ3n) is 6.04. The van der Waals surface area contributed by atoms with Crippen molar-refractivity contribution in [2.75, 3.05) is 26.2 Å². The van der Waals surface area contributed by atoms with Crippen molar-refractivity contribution < 1.29 is 4.79 Å². The maximum absolute atomic E-state index is 12.9. The minimum absolute atomic E-state index is 0.162. The largest absolute Gasteiger partial charge is 0.355 e. The fraction of sp³-hybridized carbons (Fsp3) is 0.400. The normalized spacial score (nSPS) is 14.5. The molecule has 2 aromatic carbocycles. The summed E-state index contributed by atoms with van der Waals surface area (Å²) >= 11 is 0. The first-order valence-corrected chi connectivity index (χ1v) is 11.4. The number of carbonyl (C=O) groups is 1. The number of benzene rings is 2. The third kappa shape index (κ3) is 5.16. The van der Waals surface area contributed by atoms with Crippen molar-refractivity contribution in [1.82, 2.24) is 19.4 Å². The highest BCUT2D eigenvalue weighted by molar-refractivity contribution is 5.80. The van der Waals surface area contributed by atoms with E-state index in [2.05, 4.69) is 10.2 Å². The van der Waals surface area contributed by atoms with E-state index in [-0.39, 0.29) is 12.5 Å². The first-order valence-electron chi connectivity index (χ1n) is 11.4. The Morgan fingerprint density at radius 2 is 1.44 bits per heavy atom. The Bertz CT molecular complexity index is 1180. The highest BCUT2D eigenvalue weighted by atomic mass is 16.2. The van der Waals surface area contributed by atoms with Crippen LogP contribution in [0.2, 0.25) is 0 Å². The van der Waals surface area contributed by atoms with E-state index < -0.39 is 11.1 Å². The number of rotatable bonds is 8. The molecule has 1 aromatic heterocycles. The van der Waals surface area contributed by atoms with Crippen molar-refractivity contribution in [3.63, 3.8) is 0 Å². The van der Waals surface area contributed by atoms with Gasteiger partial charge < -0.3 is 10.2 Å². The summed E-state index contributed by atoms with van der Waals surface area (Å²) in [6.45, 7) is 3.94. The lowest BCUT2D eigenvalue weighted by molar-refractivity contribution is -0.121. The van der Waals surface area contributed by atoms with Gasteiger partial charge in [0.1, 0.15) is 6.54 Å². The summed E-state index contributed by atoms with van der Waals surface area (Å²) < 4.78 is 2.78. The zero-order valence-electron chi connectivity index (χ0n) is 18.3. The van der Waals surface area contributed by atoms with Crippen LogP contribution in [0.5, 0.6) is 0 Å². The molecule has 7 nitrogen and oxygen atoms in total. The lowest BCUT2D eigenvalue weighted by Gasteiger charge is -2.26. The molecule has 1 saturated heterocycles. The molecule has 0 radical (unpaired) electrons. The molecule has 0 saturated carbocycles. The molecule has 0 spiro atoms. The van der Waals surface area contributed by atoms with Gasteiger partial charge in [0.15, 0.2) is 0 Å². The first kappa shape index (κ1) is 22.0. The van der Waals surface area contributed by atoms with Crippen LogP contribution < -0.4 is 16.4 Å². The standard InChI is InChI=1S/C25H30N4O3/c30-23(26-14-9-17-27-15-7-2-8-16-27)19-29-22-13-6-5-12-21(22)28(24(31)25(29)32)18-20-10-3-1-4-11-20/h1,3-6,10-13H,2,7-9,14-19H2,(H,26,30). The number of piperidine rings is 1. The van der Waals surface area contributed by atoms with Crippen LogP contribution >= 0.6 is 0 Å². The maximum Gasteiger partial charge on any atom is 0.317 e. The molecule has 0 aliphatic carbocycles. The van der Waals surface area contributed by atoms with Gasteiger partial charge in [-0.1, -0.05) is 48.9 Å². The SMILES string of the molecule is O=C(Cn1c(=O)c(=O)n(Cc2ccccc2)c2ccccc21)NCCCN1CCCCC1. The quantitative estimate of drug-likeness (QED) is 0.436. The smallest absolute Gasteiger partial charge is 0.317 e. The maximum atomic E-state index is 12.9. The predicted molar refractivity (Wildman–Crippen MR) is 126 cm³/mol. The fourth-order valence-corrected chi connectivity index (χ4v) is 4.36. The van der Waals surface area contributed by atoms with E-state index in [1.165, 1.54) is 28.4 Å². The highest BCUT2D eigenvalue weighted by Crippen LogP contribution is 2.12. The average Bonchev–Trinajstić information content (AvgIpc) is 2.83. The fourth-order valence-electron chi connectivity index (χ4n) is 4.36. The van der Waals surface area contributed by atoms with Crippen molar-refractivity contribution in [2.45, 2.75) is 38.8 Å². The van der Waals surface area contributed by atoms with Gasteiger partial charge in [-0.25, -0.2) is 0 Å². The molecular formula is C25H30N4O3. The summed E-state index contributed by atoms with van der Waals surface area (Å²) in [4.78, 5) is 40.8. The van der Waals surface area contributed by atoms with Gasteiger partial charge in [-0.05, 0) is 56.6 Å². The second-order valence-electron chi connectivity index (χ2n) is 8.36. The average molecular weight is 435 g/mol. The minimum Gasteiger partial charge on any atom is -0.355 e. The van der Waals surface area contributed by atoms with E-state index in [4.69, 9.17) is 0 Å². The molecule has 1 N–H and O–H groups in total. The summed E-state index contributed by atoms with van der Waals surface area (Å²) in [7, 11) is 0. The molecule has 2 heterocycles. The van der Waals surface area contributed by atoms with E-state index in [0.717, 1.165) is 31.6 Å². The number of aromatic nitrogens is 2. The van der Waals surface area contributed by atoms with Gasteiger partial charge in [0.05, 0.1) is 17.6 Å². The monoisotopic (exact) mass is 434 g/mol. The molecule has 1 aliphatic heterocycles. The molecule has 0 unspecified atom stereocenters. The predicted octanol–water partition coefficient (Wildman–Crippen LogP) is 2.20. The molecule has 3 aromatic rings. The molecule has 1 fully saturated rings. The van der Waals surface area contributed by atoms with Crippen LogP contribution in [-0.2, 0) is 17.9 Å². The van der Waals surface area contributed by atoms with Gasteiger partial charge in [0, 0.05) is 6.54 Å². The van der Waals surface area contributed by atoms with Crippen LogP contribution in [0.15, 0.2) is 64.2 Å². The number of fused-ring (bicyclic) bond motifs is 1. The van der Waals surface area contributed by atoms with Crippen LogP contribution in [0.4, 0.5) is 0 Å². The number of likely N-dealkylation sites (tertiary alicyclic amines) is 1. The first-order chi connectivity index (χ1) is 15.6. The number of nitrogens with zero attached hydrogens (tertiary/aromatic N) is 3. The van der Waals surface area contributed by atoms with Crippen LogP contribution in [-0.4, -0.2) is 46.1 Å². The number of hydrogen-bond donors (Lipinski definition) is 1. The number of nitrogens with one attached hydrogen (secondary N) is 1. The molecular weight excluding hydrogens is 404 g/mol. The van der Waals surface area contributed by atoms with Crippen molar-refractivity contribution in [3.05, 3.63) is 80.9 Å².